The second kappa shape index (κ2) is 12.3. The van der Waals surface area contributed by atoms with E-state index < -0.39 is 35.1 Å². The van der Waals surface area contributed by atoms with Gasteiger partial charge in [-0.3, -0.25) is 0 Å². The highest BCUT2D eigenvalue weighted by atomic mass is 19.4. The topological polar surface area (TPSA) is 83.8 Å². The predicted molar refractivity (Wildman–Crippen MR) is 133 cm³/mol. The Labute approximate surface area is 219 Å². The molecule has 0 aliphatic carbocycles. The minimum Gasteiger partial charge on any atom is -0.478 e. The fraction of sp³-hybridized carbons (Fsp3) is 0.103. The van der Waals surface area contributed by atoms with Gasteiger partial charge in [-0.05, 0) is 53.1 Å². The zero-order valence-corrected chi connectivity index (χ0v) is 20.3. The standard InChI is InChI=1S/C15H13FO3.C14H8F4O2/c1-19-9-11-8-10(15(17)18)6-7-12(11)13-4-2-3-5-14(13)16;15-12-4-2-1-3-10(12)9-6-5-8(13(19)20)7-11(9)14(16,17)18/h2-8H,9H2,1H3,(H,17,18);1-7H,(H,19,20). The van der Waals surface area contributed by atoms with Gasteiger partial charge in [0, 0.05) is 18.2 Å². The van der Waals surface area contributed by atoms with E-state index in [4.69, 9.17) is 14.9 Å². The van der Waals surface area contributed by atoms with Crippen LogP contribution < -0.4 is 0 Å². The molecule has 5 nitrogen and oxygen atoms in total. The first kappa shape index (κ1) is 29.0. The number of rotatable bonds is 6. The van der Waals surface area contributed by atoms with Crippen LogP contribution in [0.25, 0.3) is 22.3 Å². The average Bonchev–Trinajstić information content (AvgIpc) is 2.89. The van der Waals surface area contributed by atoms with Gasteiger partial charge in [-0.1, -0.05) is 48.5 Å². The first-order chi connectivity index (χ1) is 18.4. The molecular formula is C29H21F5O5. The molecule has 39 heavy (non-hydrogen) atoms. The van der Waals surface area contributed by atoms with E-state index in [1.807, 2.05) is 0 Å². The Balaban J connectivity index is 0.000000216. The van der Waals surface area contributed by atoms with Crippen molar-refractivity contribution < 1.29 is 46.5 Å². The summed E-state index contributed by atoms with van der Waals surface area (Å²) >= 11 is 0. The highest BCUT2D eigenvalue weighted by molar-refractivity contribution is 5.89. The van der Waals surface area contributed by atoms with Gasteiger partial charge in [0.2, 0.25) is 0 Å². The number of benzene rings is 4. The number of carboxylic acids is 2. The Bertz CT molecular complexity index is 1500. The fourth-order valence-electron chi connectivity index (χ4n) is 3.77. The number of methoxy groups -OCH3 is 1. The Kier molecular flexibility index (Phi) is 9.16. The molecule has 0 unspecified atom stereocenters. The molecule has 202 valence electrons. The minimum atomic E-state index is -4.77. The quantitative estimate of drug-likeness (QED) is 0.245. The maximum Gasteiger partial charge on any atom is 0.417 e. The summed E-state index contributed by atoms with van der Waals surface area (Å²) in [4.78, 5) is 21.7. The van der Waals surface area contributed by atoms with Crippen molar-refractivity contribution in [3.63, 3.8) is 0 Å². The van der Waals surface area contributed by atoms with Crippen LogP contribution in [0.15, 0.2) is 84.9 Å². The summed E-state index contributed by atoms with van der Waals surface area (Å²) in [6, 6.07) is 18.4. The molecule has 0 saturated carbocycles. The molecule has 4 rings (SSSR count). The molecule has 4 aromatic carbocycles. The number of ether oxygens (including phenoxy) is 1. The summed E-state index contributed by atoms with van der Waals surface area (Å²) in [5.41, 5.74) is -0.409. The van der Waals surface area contributed by atoms with E-state index in [9.17, 15) is 31.5 Å². The monoisotopic (exact) mass is 544 g/mol. The largest absolute Gasteiger partial charge is 0.478 e. The minimum absolute atomic E-state index is 0.159. The zero-order chi connectivity index (χ0) is 28.7. The highest BCUT2D eigenvalue weighted by Crippen LogP contribution is 2.38. The molecule has 0 aliphatic rings. The van der Waals surface area contributed by atoms with Gasteiger partial charge < -0.3 is 14.9 Å². The van der Waals surface area contributed by atoms with Crippen molar-refractivity contribution in [3.8, 4) is 22.3 Å². The highest BCUT2D eigenvalue weighted by Gasteiger charge is 2.35. The molecule has 0 saturated heterocycles. The van der Waals surface area contributed by atoms with E-state index in [-0.39, 0.29) is 29.1 Å². The lowest BCUT2D eigenvalue weighted by molar-refractivity contribution is -0.137. The molecule has 0 heterocycles. The van der Waals surface area contributed by atoms with Crippen LogP contribution in [0.3, 0.4) is 0 Å². The van der Waals surface area contributed by atoms with E-state index in [0.717, 1.165) is 18.2 Å². The van der Waals surface area contributed by atoms with Crippen molar-refractivity contribution in [1.29, 1.82) is 0 Å². The SMILES string of the molecule is COCc1cc(C(=O)O)ccc1-c1ccccc1F.O=C(O)c1ccc(-c2ccccc2F)c(C(F)(F)F)c1. The molecule has 0 bridgehead atoms. The Morgan fingerprint density at radius 3 is 1.62 bits per heavy atom. The maximum atomic E-state index is 13.8. The van der Waals surface area contributed by atoms with Gasteiger partial charge in [0.25, 0.3) is 0 Å². The van der Waals surface area contributed by atoms with Gasteiger partial charge in [-0.25, -0.2) is 18.4 Å². The molecule has 0 fully saturated rings. The van der Waals surface area contributed by atoms with Crippen molar-refractivity contribution >= 4 is 11.9 Å². The van der Waals surface area contributed by atoms with Crippen molar-refractivity contribution in [3.05, 3.63) is 119 Å². The Morgan fingerprint density at radius 1 is 0.692 bits per heavy atom. The van der Waals surface area contributed by atoms with Crippen LogP contribution in [0.5, 0.6) is 0 Å². The van der Waals surface area contributed by atoms with Crippen molar-refractivity contribution in [2.75, 3.05) is 7.11 Å². The number of alkyl halides is 3. The van der Waals surface area contributed by atoms with Crippen LogP contribution in [0.2, 0.25) is 0 Å². The van der Waals surface area contributed by atoms with Crippen molar-refractivity contribution in [2.45, 2.75) is 12.8 Å². The molecule has 0 spiro atoms. The third-order valence-electron chi connectivity index (χ3n) is 5.55. The molecule has 0 radical (unpaired) electrons. The van der Waals surface area contributed by atoms with E-state index in [0.29, 0.717) is 22.8 Å². The predicted octanol–water partition coefficient (Wildman–Crippen LogP) is 7.55. The second-order valence-corrected chi connectivity index (χ2v) is 8.13. The molecule has 0 aromatic heterocycles. The van der Waals surface area contributed by atoms with E-state index in [1.165, 1.54) is 43.5 Å². The van der Waals surface area contributed by atoms with E-state index in [1.54, 1.807) is 24.3 Å². The third-order valence-corrected chi connectivity index (χ3v) is 5.55. The molecule has 2 N–H and O–H groups in total. The summed E-state index contributed by atoms with van der Waals surface area (Å²) in [6.07, 6.45) is -4.77. The summed E-state index contributed by atoms with van der Waals surface area (Å²) < 4.78 is 71.4. The third kappa shape index (κ3) is 7.05. The van der Waals surface area contributed by atoms with Crippen LogP contribution in [-0.4, -0.2) is 29.3 Å². The van der Waals surface area contributed by atoms with Crippen molar-refractivity contribution in [2.24, 2.45) is 0 Å². The van der Waals surface area contributed by atoms with Crippen LogP contribution in [0.1, 0.15) is 31.8 Å². The van der Waals surface area contributed by atoms with Gasteiger partial charge >= 0.3 is 18.1 Å². The van der Waals surface area contributed by atoms with Crippen molar-refractivity contribution in [1.82, 2.24) is 0 Å². The molecular weight excluding hydrogens is 523 g/mol. The molecule has 4 aromatic rings. The van der Waals surface area contributed by atoms with Crippen LogP contribution in [0, 0.1) is 11.6 Å². The van der Waals surface area contributed by atoms with Crippen LogP contribution in [0.4, 0.5) is 22.0 Å². The summed E-state index contributed by atoms with van der Waals surface area (Å²) in [5.74, 6) is -3.64. The lowest BCUT2D eigenvalue weighted by Crippen LogP contribution is -2.10. The number of hydrogen-bond acceptors (Lipinski definition) is 3. The van der Waals surface area contributed by atoms with Gasteiger partial charge in [0.1, 0.15) is 11.6 Å². The normalized spacial score (nSPS) is 10.9. The van der Waals surface area contributed by atoms with Crippen LogP contribution in [-0.2, 0) is 17.5 Å². The lowest BCUT2D eigenvalue weighted by Gasteiger charge is -2.14. The maximum absolute atomic E-state index is 13.8. The number of halogens is 5. The molecule has 0 amide bonds. The average molecular weight is 544 g/mol. The molecule has 0 atom stereocenters. The van der Waals surface area contributed by atoms with Crippen LogP contribution >= 0.6 is 0 Å². The Morgan fingerprint density at radius 2 is 1.15 bits per heavy atom. The Hall–Kier alpha value is -4.57. The van der Waals surface area contributed by atoms with E-state index >= 15 is 0 Å². The number of carboxylic acid groups (broad SMARTS) is 2. The van der Waals surface area contributed by atoms with Gasteiger partial charge in [0.15, 0.2) is 0 Å². The molecule has 0 aliphatic heterocycles. The smallest absolute Gasteiger partial charge is 0.417 e. The lowest BCUT2D eigenvalue weighted by atomic mass is 9.96. The summed E-state index contributed by atoms with van der Waals surface area (Å²) in [6.45, 7) is 0.227. The second-order valence-electron chi connectivity index (χ2n) is 8.13. The van der Waals surface area contributed by atoms with Gasteiger partial charge in [0.05, 0.1) is 23.3 Å². The number of aromatic carboxylic acids is 2. The van der Waals surface area contributed by atoms with E-state index in [2.05, 4.69) is 0 Å². The first-order valence-electron chi connectivity index (χ1n) is 11.2. The van der Waals surface area contributed by atoms with Gasteiger partial charge in [-0.15, -0.1) is 0 Å². The summed E-state index contributed by atoms with van der Waals surface area (Å²) in [7, 11) is 1.51. The summed E-state index contributed by atoms with van der Waals surface area (Å²) in [5, 5.41) is 17.7. The number of hydrogen-bond donors (Lipinski definition) is 2. The fourth-order valence-corrected chi connectivity index (χ4v) is 3.77. The number of carbonyl (C=O) groups is 2. The zero-order valence-electron chi connectivity index (χ0n) is 20.3. The molecule has 10 heteroatoms. The first-order valence-corrected chi connectivity index (χ1v) is 11.2. The van der Waals surface area contributed by atoms with Gasteiger partial charge in [-0.2, -0.15) is 13.2 Å².